The lowest BCUT2D eigenvalue weighted by Crippen LogP contribution is -1.98. The molecule has 8 bridgehead atoms. The highest BCUT2D eigenvalue weighted by atomic mass is 32.2. The maximum absolute atomic E-state index is 16.9. The fraction of sp³-hybridized carbons (Fsp3) is 0. The van der Waals surface area contributed by atoms with Crippen molar-refractivity contribution in [2.24, 2.45) is 0 Å². The summed E-state index contributed by atoms with van der Waals surface area (Å²) < 4.78 is 277. The van der Waals surface area contributed by atoms with Crippen LogP contribution in [0.3, 0.4) is 0 Å². The molecule has 7 aromatic rings. The van der Waals surface area contributed by atoms with Gasteiger partial charge in [-0.25, -0.2) is 78.8 Å². The van der Waals surface area contributed by atoms with E-state index < -0.39 is 196 Å². The fourth-order valence-electron chi connectivity index (χ4n) is 7.85. The molecule has 3 aromatic heterocycles. The van der Waals surface area contributed by atoms with Crippen LogP contribution in [0.2, 0.25) is 0 Å². The zero-order valence-electron chi connectivity index (χ0n) is 34.7. The van der Waals surface area contributed by atoms with Gasteiger partial charge in [0.1, 0.15) is 63.2 Å². The van der Waals surface area contributed by atoms with Gasteiger partial charge in [0.15, 0.2) is 46.6 Å². The number of halogens is 8. The van der Waals surface area contributed by atoms with Crippen molar-refractivity contribution in [2.45, 2.75) is 19.6 Å². The largest absolute Gasteiger partial charge is 0.744 e. The standard InChI is InChI=1S/C44H22F8N4O12S4/c45-29-31(47)39-26(18-3-11-22(12-4-18)70(60,61)62)41-33(49)35(51)43(55-41)28(20-7-15-24(16-8-20)72(66,67)68)44-36(52)34(50)42(56-44)27(19-5-13-23(14-6-19)71(63,64)65)40-32(48)30(46)38(54-40)25(37(29)53-39)17-1-9-21(10-2-17)69(57,58)59/h1-16,53,56H,(H,57,58,59)(H,60,61,62)(H,63,64,65)(H,66,67,68)/p-4. The van der Waals surface area contributed by atoms with Gasteiger partial charge in [0.05, 0.1) is 41.6 Å². The second kappa shape index (κ2) is 17.1. The molecular weight excluding hydrogens is 1060 g/mol. The maximum Gasteiger partial charge on any atom is 0.187 e. The van der Waals surface area contributed by atoms with Crippen molar-refractivity contribution in [3.63, 3.8) is 0 Å². The number of rotatable bonds is 8. The Morgan fingerprint density at radius 3 is 0.625 bits per heavy atom. The molecule has 0 fully saturated rings. The second-order valence-corrected chi connectivity index (χ2v) is 20.8. The van der Waals surface area contributed by atoms with E-state index in [4.69, 9.17) is 0 Å². The van der Waals surface area contributed by atoms with Crippen LogP contribution < -0.4 is 0 Å². The van der Waals surface area contributed by atoms with Gasteiger partial charge in [-0.3, -0.25) is 0 Å². The number of fused-ring (bicyclic) bond motifs is 8. The first-order valence-corrected chi connectivity index (χ1v) is 25.1. The first kappa shape index (κ1) is 49.5. The van der Waals surface area contributed by atoms with E-state index >= 15 is 35.1 Å². The van der Waals surface area contributed by atoms with Gasteiger partial charge in [-0.1, -0.05) is 48.5 Å². The summed E-state index contributed by atoms with van der Waals surface area (Å²) in [6.07, 6.45) is 0. The highest BCUT2D eigenvalue weighted by molar-refractivity contribution is 7.86. The molecule has 0 saturated heterocycles. The minimum Gasteiger partial charge on any atom is -0.744 e. The predicted molar refractivity (Wildman–Crippen MR) is 232 cm³/mol. The Morgan fingerprint density at radius 2 is 0.472 bits per heavy atom. The van der Waals surface area contributed by atoms with Gasteiger partial charge in [-0.15, -0.1) is 0 Å². The summed E-state index contributed by atoms with van der Waals surface area (Å²) in [4.78, 5) is 8.50. The van der Waals surface area contributed by atoms with Gasteiger partial charge in [0.2, 0.25) is 0 Å². The van der Waals surface area contributed by atoms with Gasteiger partial charge < -0.3 is 28.2 Å². The fourth-order valence-corrected chi connectivity index (χ4v) is 9.72. The number of H-pyrrole nitrogens is 2. The molecule has 0 unspecified atom stereocenters. The van der Waals surface area contributed by atoms with Gasteiger partial charge in [0.25, 0.3) is 0 Å². The molecule has 2 aliphatic rings. The molecule has 28 heteroatoms. The molecule has 0 saturated carbocycles. The molecule has 16 nitrogen and oxygen atoms in total. The number of benzene rings is 4. The number of hydrogen-bond donors (Lipinski definition) is 2. The van der Waals surface area contributed by atoms with Crippen LogP contribution in [0.25, 0.3) is 89.9 Å². The van der Waals surface area contributed by atoms with Crippen molar-refractivity contribution in [1.82, 2.24) is 19.9 Å². The number of aromatic amines is 2. The summed E-state index contributed by atoms with van der Waals surface area (Å²) in [6.45, 7) is 0. The summed E-state index contributed by atoms with van der Waals surface area (Å²) in [5.41, 5.74) is -17.3. The molecule has 0 radical (unpaired) electrons. The monoisotopic (exact) mass is 1070 g/mol. The van der Waals surface area contributed by atoms with E-state index in [9.17, 15) is 51.9 Å². The molecule has 0 amide bonds. The van der Waals surface area contributed by atoms with Crippen molar-refractivity contribution >= 4 is 85.8 Å². The third kappa shape index (κ3) is 8.34. The molecule has 370 valence electrons. The lowest BCUT2D eigenvalue weighted by atomic mass is 10.0. The molecule has 4 aromatic carbocycles. The van der Waals surface area contributed by atoms with Crippen LogP contribution in [0.5, 0.6) is 0 Å². The SMILES string of the molecule is O=S(=O)([O-])c1ccc(-c2c3nc(c(-c4ccc(S(=O)(=O)[O-])cc4)c4[nH]c(c(F)c4F)c(-c4ccc(S(=O)(=O)[O-])cc4)c4nc(c(-c5ccc(S(=O)(=O)[O-])cc5)c5[nH]c2c(F)c5F)C(F)=C4F)C(F)=C3F)cc1. The molecule has 9 rings (SSSR count). The van der Waals surface area contributed by atoms with Crippen molar-refractivity contribution in [2.75, 3.05) is 0 Å². The van der Waals surface area contributed by atoms with E-state index in [2.05, 4.69) is 19.9 Å². The molecule has 2 aliphatic heterocycles. The van der Waals surface area contributed by atoms with Gasteiger partial charge in [-0.2, -0.15) is 0 Å². The number of hydrogen-bond acceptors (Lipinski definition) is 14. The summed E-state index contributed by atoms with van der Waals surface area (Å²) in [6, 6.07) is 10.5. The third-order valence-electron chi connectivity index (χ3n) is 11.1. The Bertz CT molecular complexity index is 3720. The van der Waals surface area contributed by atoms with Crippen molar-refractivity contribution in [3.8, 4) is 44.5 Å². The smallest absolute Gasteiger partial charge is 0.187 e. The van der Waals surface area contributed by atoms with E-state index in [0.717, 1.165) is 0 Å². The average Bonchev–Trinajstić information content (AvgIpc) is 3.97. The van der Waals surface area contributed by atoms with Crippen LogP contribution in [0.4, 0.5) is 35.1 Å². The molecular formula is C44H18F8N4O12S4-4. The molecule has 2 N–H and O–H groups in total. The van der Waals surface area contributed by atoms with E-state index in [-0.39, 0.29) is 0 Å². The van der Waals surface area contributed by atoms with Gasteiger partial charge in [0, 0.05) is 22.3 Å². The van der Waals surface area contributed by atoms with E-state index in [1.807, 2.05) is 0 Å². The number of nitrogens with one attached hydrogen (secondary N) is 2. The lowest BCUT2D eigenvalue weighted by molar-refractivity contribution is 0.461. The highest BCUT2D eigenvalue weighted by Crippen LogP contribution is 2.48. The van der Waals surface area contributed by atoms with E-state index in [1.165, 1.54) is 0 Å². The van der Waals surface area contributed by atoms with Crippen LogP contribution in [-0.2, 0) is 40.5 Å². The zero-order valence-corrected chi connectivity index (χ0v) is 38.0. The lowest BCUT2D eigenvalue weighted by Gasteiger charge is -2.10. The second-order valence-electron chi connectivity index (χ2n) is 15.3. The summed E-state index contributed by atoms with van der Waals surface area (Å²) in [5, 5.41) is 0. The first-order chi connectivity index (χ1) is 33.6. The van der Waals surface area contributed by atoms with Crippen LogP contribution >= 0.6 is 0 Å². The number of nitrogens with zero attached hydrogens (tertiary/aromatic N) is 2. The van der Waals surface area contributed by atoms with Crippen molar-refractivity contribution in [3.05, 3.63) is 143 Å². The molecule has 0 atom stereocenters. The van der Waals surface area contributed by atoms with E-state index in [1.54, 1.807) is 0 Å². The number of aromatic nitrogens is 4. The topological polar surface area (TPSA) is 286 Å². The summed E-state index contributed by atoms with van der Waals surface area (Å²) in [5.74, 6) is -16.7. The third-order valence-corrected chi connectivity index (χ3v) is 14.5. The molecule has 5 heterocycles. The predicted octanol–water partition coefficient (Wildman–Crippen LogP) is 8.69. The van der Waals surface area contributed by atoms with Crippen molar-refractivity contribution < 1.29 is 87.0 Å². The minimum absolute atomic E-state index is 0.597. The summed E-state index contributed by atoms with van der Waals surface area (Å²) in [7, 11) is -21.0. The van der Waals surface area contributed by atoms with Crippen LogP contribution in [0, 0.1) is 23.3 Å². The molecule has 0 aliphatic carbocycles. The highest BCUT2D eigenvalue weighted by Gasteiger charge is 2.35. The molecule has 0 spiro atoms. The normalized spacial score (nSPS) is 13.6. The quantitative estimate of drug-likeness (QED) is 0.106. The Labute approximate surface area is 398 Å². The Hall–Kier alpha value is -7.44. The maximum atomic E-state index is 16.9. The Morgan fingerprint density at radius 1 is 0.306 bits per heavy atom. The van der Waals surface area contributed by atoms with Gasteiger partial charge >= 0.3 is 0 Å². The Kier molecular flexibility index (Phi) is 11.8. The van der Waals surface area contributed by atoms with Crippen LogP contribution in [0.15, 0.2) is 117 Å². The Balaban J connectivity index is 1.59. The average molecular weight is 1070 g/mol. The van der Waals surface area contributed by atoms with Crippen molar-refractivity contribution in [1.29, 1.82) is 0 Å². The van der Waals surface area contributed by atoms with Crippen LogP contribution in [-0.4, -0.2) is 71.8 Å². The molecule has 72 heavy (non-hydrogen) atoms. The van der Waals surface area contributed by atoms with E-state index in [0.29, 0.717) is 97.1 Å². The van der Waals surface area contributed by atoms with Gasteiger partial charge in [-0.05, 0) is 70.8 Å². The zero-order chi connectivity index (χ0) is 52.3. The van der Waals surface area contributed by atoms with Crippen LogP contribution in [0.1, 0.15) is 22.8 Å². The first-order valence-electron chi connectivity index (χ1n) is 19.5. The summed E-state index contributed by atoms with van der Waals surface area (Å²) >= 11 is 0. The minimum atomic E-state index is -5.25.